The molecule has 2 aliphatic rings. The number of amides is 1. The maximum absolute atomic E-state index is 13.5. The van der Waals surface area contributed by atoms with Crippen molar-refractivity contribution in [3.8, 4) is 11.3 Å². The van der Waals surface area contributed by atoms with Crippen molar-refractivity contribution in [3.63, 3.8) is 0 Å². The lowest BCUT2D eigenvalue weighted by Crippen LogP contribution is -2.35. The van der Waals surface area contributed by atoms with E-state index in [0.29, 0.717) is 18.7 Å². The molecule has 5 nitrogen and oxygen atoms in total. The number of likely N-dealkylation sites (tertiary alicyclic amines) is 1. The molecule has 0 aliphatic carbocycles. The number of nitrogens with zero attached hydrogens (tertiary/aromatic N) is 3. The van der Waals surface area contributed by atoms with E-state index in [-0.39, 0.29) is 11.7 Å². The molecule has 4 rings (SSSR count). The van der Waals surface area contributed by atoms with Crippen molar-refractivity contribution < 1.29 is 13.7 Å². The summed E-state index contributed by atoms with van der Waals surface area (Å²) in [5, 5.41) is 4.16. The van der Waals surface area contributed by atoms with Crippen LogP contribution in [-0.2, 0) is 17.8 Å². The van der Waals surface area contributed by atoms with E-state index in [9.17, 15) is 9.18 Å². The highest BCUT2D eigenvalue weighted by Gasteiger charge is 2.26. The molecule has 0 bridgehead atoms. The number of halogens is 1. The summed E-state index contributed by atoms with van der Waals surface area (Å²) in [7, 11) is 0. The van der Waals surface area contributed by atoms with E-state index < -0.39 is 0 Å². The monoisotopic (exact) mass is 343 g/mol. The van der Waals surface area contributed by atoms with Crippen molar-refractivity contribution >= 4 is 5.91 Å². The van der Waals surface area contributed by atoms with Crippen molar-refractivity contribution in [2.45, 2.75) is 32.2 Å². The summed E-state index contributed by atoms with van der Waals surface area (Å²) in [6, 6.07) is 6.43. The number of benzene rings is 1. The first-order chi connectivity index (χ1) is 12.2. The Kier molecular flexibility index (Phi) is 4.53. The molecule has 0 spiro atoms. The molecule has 1 saturated heterocycles. The minimum atomic E-state index is -0.280. The summed E-state index contributed by atoms with van der Waals surface area (Å²) in [5.74, 6) is 0.846. The molecule has 6 heteroatoms. The van der Waals surface area contributed by atoms with E-state index in [2.05, 4.69) is 10.1 Å². The van der Waals surface area contributed by atoms with Gasteiger partial charge in [-0.15, -0.1) is 0 Å². The summed E-state index contributed by atoms with van der Waals surface area (Å²) >= 11 is 0. The van der Waals surface area contributed by atoms with Gasteiger partial charge in [-0.2, -0.15) is 0 Å². The Labute approximate surface area is 146 Å². The van der Waals surface area contributed by atoms with Crippen LogP contribution in [-0.4, -0.2) is 47.0 Å². The molecule has 0 unspecified atom stereocenters. The average Bonchev–Trinajstić information content (AvgIpc) is 3.29. The van der Waals surface area contributed by atoms with E-state index in [0.717, 1.165) is 62.3 Å². The maximum Gasteiger partial charge on any atom is 0.223 e. The SMILES string of the molecule is O=C(CCN1CCc2onc(-c3cccc(F)c3)c2C1)N1CCCC1. The molecule has 2 aromatic rings. The predicted octanol–water partition coefficient (Wildman–Crippen LogP) is 2.85. The van der Waals surface area contributed by atoms with E-state index >= 15 is 0 Å². The van der Waals surface area contributed by atoms with Gasteiger partial charge in [0.25, 0.3) is 0 Å². The van der Waals surface area contributed by atoms with Gasteiger partial charge in [-0.1, -0.05) is 17.3 Å². The zero-order valence-electron chi connectivity index (χ0n) is 14.2. The summed E-state index contributed by atoms with van der Waals surface area (Å²) in [5.41, 5.74) is 2.47. The van der Waals surface area contributed by atoms with Crippen LogP contribution in [0.2, 0.25) is 0 Å². The molecule has 1 amide bonds. The molecule has 0 radical (unpaired) electrons. The molecule has 25 heavy (non-hydrogen) atoms. The Morgan fingerprint density at radius 2 is 2.08 bits per heavy atom. The van der Waals surface area contributed by atoms with Crippen LogP contribution in [0.15, 0.2) is 28.8 Å². The molecule has 3 heterocycles. The third-order valence-corrected chi connectivity index (χ3v) is 5.11. The molecule has 132 valence electrons. The minimum absolute atomic E-state index is 0.249. The molecule has 0 saturated carbocycles. The van der Waals surface area contributed by atoms with Gasteiger partial charge in [0.1, 0.15) is 17.3 Å². The molecular formula is C19H22FN3O2. The molecule has 0 N–H and O–H groups in total. The zero-order valence-corrected chi connectivity index (χ0v) is 14.2. The molecule has 1 aromatic carbocycles. The number of aromatic nitrogens is 1. The van der Waals surface area contributed by atoms with Gasteiger partial charge < -0.3 is 9.42 Å². The maximum atomic E-state index is 13.5. The van der Waals surface area contributed by atoms with Crippen molar-refractivity contribution in [1.82, 2.24) is 15.0 Å². The zero-order chi connectivity index (χ0) is 17.2. The number of rotatable bonds is 4. The lowest BCUT2D eigenvalue weighted by molar-refractivity contribution is -0.130. The smallest absolute Gasteiger partial charge is 0.223 e. The fourth-order valence-corrected chi connectivity index (χ4v) is 3.70. The fraction of sp³-hybridized carbons (Fsp3) is 0.474. The Hall–Kier alpha value is -2.21. The van der Waals surface area contributed by atoms with Gasteiger partial charge in [-0.05, 0) is 25.0 Å². The van der Waals surface area contributed by atoms with Gasteiger partial charge >= 0.3 is 0 Å². The second-order valence-corrected chi connectivity index (χ2v) is 6.81. The van der Waals surface area contributed by atoms with Crippen molar-refractivity contribution in [3.05, 3.63) is 41.4 Å². The first kappa shape index (κ1) is 16.3. The van der Waals surface area contributed by atoms with E-state index in [4.69, 9.17) is 4.52 Å². The molecule has 1 fully saturated rings. The second-order valence-electron chi connectivity index (χ2n) is 6.81. The van der Waals surface area contributed by atoms with Crippen LogP contribution in [0.3, 0.4) is 0 Å². The van der Waals surface area contributed by atoms with Crippen LogP contribution in [0.5, 0.6) is 0 Å². The van der Waals surface area contributed by atoms with Crippen LogP contribution in [0.25, 0.3) is 11.3 Å². The number of fused-ring (bicyclic) bond motifs is 1. The van der Waals surface area contributed by atoms with Crippen LogP contribution in [0.4, 0.5) is 4.39 Å². The standard InChI is InChI=1S/C19H22FN3O2/c20-15-5-3-4-14(12-15)19-16-13-22(10-6-17(16)25-21-19)11-7-18(24)23-8-1-2-9-23/h3-5,12H,1-2,6-11,13H2. The summed E-state index contributed by atoms with van der Waals surface area (Å²) in [6.07, 6.45) is 3.57. The number of carbonyl (C=O) groups is 1. The second kappa shape index (κ2) is 6.96. The third-order valence-electron chi connectivity index (χ3n) is 5.11. The summed E-state index contributed by atoms with van der Waals surface area (Å²) < 4.78 is 19.0. The van der Waals surface area contributed by atoms with Crippen molar-refractivity contribution in [2.75, 3.05) is 26.2 Å². The first-order valence-electron chi connectivity index (χ1n) is 8.94. The topological polar surface area (TPSA) is 49.6 Å². The fourth-order valence-electron chi connectivity index (χ4n) is 3.70. The molecule has 0 atom stereocenters. The van der Waals surface area contributed by atoms with E-state index in [1.807, 2.05) is 11.0 Å². The Morgan fingerprint density at radius 3 is 2.88 bits per heavy atom. The number of hydrogen-bond acceptors (Lipinski definition) is 4. The largest absolute Gasteiger partial charge is 0.360 e. The molecular weight excluding hydrogens is 321 g/mol. The van der Waals surface area contributed by atoms with Gasteiger partial charge in [0.05, 0.1) is 0 Å². The quantitative estimate of drug-likeness (QED) is 0.857. The Morgan fingerprint density at radius 1 is 1.24 bits per heavy atom. The highest BCUT2D eigenvalue weighted by molar-refractivity contribution is 5.76. The van der Waals surface area contributed by atoms with Gasteiger partial charge in [-0.3, -0.25) is 9.69 Å². The average molecular weight is 343 g/mol. The first-order valence-corrected chi connectivity index (χ1v) is 8.94. The Balaban J connectivity index is 1.44. The lowest BCUT2D eigenvalue weighted by Gasteiger charge is -2.26. The number of hydrogen-bond donors (Lipinski definition) is 0. The third kappa shape index (κ3) is 3.44. The van der Waals surface area contributed by atoms with Crippen LogP contribution < -0.4 is 0 Å². The number of carbonyl (C=O) groups excluding carboxylic acids is 1. The van der Waals surface area contributed by atoms with Gasteiger partial charge in [0, 0.05) is 56.7 Å². The van der Waals surface area contributed by atoms with E-state index in [1.54, 1.807) is 6.07 Å². The van der Waals surface area contributed by atoms with Gasteiger partial charge in [0.15, 0.2) is 0 Å². The van der Waals surface area contributed by atoms with Crippen LogP contribution >= 0.6 is 0 Å². The predicted molar refractivity (Wildman–Crippen MR) is 91.3 cm³/mol. The lowest BCUT2D eigenvalue weighted by atomic mass is 10.0. The minimum Gasteiger partial charge on any atom is -0.360 e. The summed E-state index contributed by atoms with van der Waals surface area (Å²) in [6.45, 7) is 4.09. The van der Waals surface area contributed by atoms with Crippen molar-refractivity contribution in [1.29, 1.82) is 0 Å². The highest BCUT2D eigenvalue weighted by atomic mass is 19.1. The van der Waals surface area contributed by atoms with Crippen LogP contribution in [0.1, 0.15) is 30.6 Å². The molecule has 1 aromatic heterocycles. The van der Waals surface area contributed by atoms with Crippen molar-refractivity contribution in [2.24, 2.45) is 0 Å². The Bertz CT molecular complexity index is 768. The van der Waals surface area contributed by atoms with Gasteiger partial charge in [-0.25, -0.2) is 4.39 Å². The van der Waals surface area contributed by atoms with Gasteiger partial charge in [0.2, 0.25) is 5.91 Å². The molecule has 2 aliphatic heterocycles. The van der Waals surface area contributed by atoms with Crippen LogP contribution in [0, 0.1) is 5.82 Å². The highest BCUT2D eigenvalue weighted by Crippen LogP contribution is 2.30. The normalized spacial score (nSPS) is 17.7. The van der Waals surface area contributed by atoms with E-state index in [1.165, 1.54) is 12.1 Å². The summed E-state index contributed by atoms with van der Waals surface area (Å²) in [4.78, 5) is 16.5.